The Morgan fingerprint density at radius 3 is 2.46 bits per heavy atom. The van der Waals surface area contributed by atoms with E-state index in [-0.39, 0.29) is 11.3 Å². The highest BCUT2D eigenvalue weighted by Gasteiger charge is 2.53. The fourth-order valence-corrected chi connectivity index (χ4v) is 3.02. The van der Waals surface area contributed by atoms with Gasteiger partial charge in [-0.3, -0.25) is 0 Å². The summed E-state index contributed by atoms with van der Waals surface area (Å²) in [6.45, 7) is 0. The van der Waals surface area contributed by atoms with Crippen LogP contribution in [0.15, 0.2) is 24.4 Å². The molecule has 26 heavy (non-hydrogen) atoms. The molecular formula is C16H9F7N2O. The molecule has 0 bridgehead atoms. The standard InChI is InChI=1S/C16H9F7N2O/c17-14(18)9-3-8(2-1-7(9)5-24)25-6-10(16(21,22)23)12-11(25)4-15(19,20)13(12)26/h1-3,6,13-14,26H,4H2/t13-/m0/s1. The van der Waals surface area contributed by atoms with Crippen molar-refractivity contribution in [3.05, 3.63) is 52.3 Å². The van der Waals surface area contributed by atoms with Crippen LogP contribution in [0, 0.1) is 11.3 Å². The summed E-state index contributed by atoms with van der Waals surface area (Å²) < 4.78 is 93.9. The molecule has 1 aliphatic rings. The highest BCUT2D eigenvalue weighted by atomic mass is 19.4. The summed E-state index contributed by atoms with van der Waals surface area (Å²) in [6.07, 6.45) is -11.4. The third-order valence-corrected chi connectivity index (χ3v) is 4.20. The van der Waals surface area contributed by atoms with Crippen LogP contribution in [-0.4, -0.2) is 15.6 Å². The number of aromatic nitrogens is 1. The molecule has 1 aliphatic carbocycles. The van der Waals surface area contributed by atoms with Crippen molar-refractivity contribution in [2.24, 2.45) is 0 Å². The molecule has 1 aromatic heterocycles. The van der Waals surface area contributed by atoms with Crippen LogP contribution >= 0.6 is 0 Å². The Labute approximate surface area is 141 Å². The van der Waals surface area contributed by atoms with Crippen molar-refractivity contribution < 1.29 is 35.8 Å². The zero-order chi connectivity index (χ0) is 19.4. The first kappa shape index (κ1) is 18.3. The number of hydrogen-bond donors (Lipinski definition) is 1. The van der Waals surface area contributed by atoms with E-state index in [0.717, 1.165) is 18.2 Å². The van der Waals surface area contributed by atoms with Crippen molar-refractivity contribution in [1.82, 2.24) is 4.57 Å². The Bertz CT molecular complexity index is 909. The molecule has 1 aromatic carbocycles. The number of alkyl halides is 7. The van der Waals surface area contributed by atoms with Crippen LogP contribution in [0.3, 0.4) is 0 Å². The van der Waals surface area contributed by atoms with Crippen LogP contribution in [0.25, 0.3) is 5.69 Å². The number of nitrogens with zero attached hydrogens (tertiary/aromatic N) is 2. The van der Waals surface area contributed by atoms with Crippen LogP contribution in [0.2, 0.25) is 0 Å². The summed E-state index contributed by atoms with van der Waals surface area (Å²) in [5.74, 6) is -3.81. The molecule has 0 saturated carbocycles. The monoisotopic (exact) mass is 378 g/mol. The van der Waals surface area contributed by atoms with Gasteiger partial charge in [-0.1, -0.05) is 0 Å². The van der Waals surface area contributed by atoms with Gasteiger partial charge in [-0.2, -0.15) is 18.4 Å². The van der Waals surface area contributed by atoms with Gasteiger partial charge in [-0.05, 0) is 18.2 Å². The van der Waals surface area contributed by atoms with Crippen LogP contribution in [0.5, 0.6) is 0 Å². The van der Waals surface area contributed by atoms with Crippen LogP contribution < -0.4 is 0 Å². The average Bonchev–Trinajstić information content (AvgIpc) is 3.01. The minimum absolute atomic E-state index is 0.240. The van der Waals surface area contributed by atoms with E-state index in [1.165, 1.54) is 6.07 Å². The SMILES string of the molecule is N#Cc1ccc(-n2cc(C(F)(F)F)c3c2CC(F)(F)[C@H]3O)cc1C(F)F. The Morgan fingerprint density at radius 2 is 1.92 bits per heavy atom. The Balaban J connectivity index is 2.25. The summed E-state index contributed by atoms with van der Waals surface area (Å²) in [7, 11) is 0. The fourth-order valence-electron chi connectivity index (χ4n) is 3.02. The van der Waals surface area contributed by atoms with Gasteiger partial charge >= 0.3 is 6.18 Å². The molecule has 10 heteroatoms. The summed E-state index contributed by atoms with van der Waals surface area (Å²) in [5, 5.41) is 18.4. The molecule has 1 heterocycles. The lowest BCUT2D eigenvalue weighted by molar-refractivity contribution is -0.142. The number of nitriles is 1. The quantitative estimate of drug-likeness (QED) is 0.781. The fraction of sp³-hybridized carbons (Fsp3) is 0.312. The molecule has 0 amide bonds. The Hall–Kier alpha value is -2.54. The maximum atomic E-state index is 13.8. The summed E-state index contributed by atoms with van der Waals surface area (Å²) >= 11 is 0. The molecule has 3 nitrogen and oxygen atoms in total. The van der Waals surface area contributed by atoms with Gasteiger partial charge in [0, 0.05) is 28.7 Å². The van der Waals surface area contributed by atoms with E-state index < -0.39 is 53.4 Å². The first-order valence-electron chi connectivity index (χ1n) is 7.17. The first-order valence-corrected chi connectivity index (χ1v) is 7.17. The second-order valence-electron chi connectivity index (χ2n) is 5.80. The van der Waals surface area contributed by atoms with Gasteiger partial charge in [0.2, 0.25) is 0 Å². The average molecular weight is 378 g/mol. The number of hydrogen-bond acceptors (Lipinski definition) is 2. The van der Waals surface area contributed by atoms with Crippen molar-refractivity contribution >= 4 is 0 Å². The molecule has 0 saturated heterocycles. The van der Waals surface area contributed by atoms with Crippen molar-refractivity contribution in [1.29, 1.82) is 5.26 Å². The van der Waals surface area contributed by atoms with Crippen LogP contribution in [0.1, 0.15) is 40.5 Å². The lowest BCUT2D eigenvalue weighted by Gasteiger charge is -2.16. The second-order valence-corrected chi connectivity index (χ2v) is 5.80. The molecule has 0 radical (unpaired) electrons. The van der Waals surface area contributed by atoms with E-state index in [1.807, 2.05) is 0 Å². The van der Waals surface area contributed by atoms with Gasteiger partial charge in [-0.25, -0.2) is 17.6 Å². The number of aliphatic hydroxyl groups excluding tert-OH is 1. The van der Waals surface area contributed by atoms with Crippen molar-refractivity contribution in [2.45, 2.75) is 31.0 Å². The predicted molar refractivity (Wildman–Crippen MR) is 74.1 cm³/mol. The third-order valence-electron chi connectivity index (χ3n) is 4.20. The lowest BCUT2D eigenvalue weighted by atomic mass is 10.1. The maximum absolute atomic E-state index is 13.8. The van der Waals surface area contributed by atoms with Crippen molar-refractivity contribution in [2.75, 3.05) is 0 Å². The summed E-state index contributed by atoms with van der Waals surface area (Å²) in [6, 6.07) is 4.35. The minimum atomic E-state index is -5.02. The molecule has 2 aromatic rings. The van der Waals surface area contributed by atoms with Gasteiger partial charge in [-0.15, -0.1) is 0 Å². The number of halogens is 7. The highest BCUT2D eigenvalue weighted by Crippen LogP contribution is 2.50. The van der Waals surface area contributed by atoms with E-state index in [2.05, 4.69) is 0 Å². The zero-order valence-electron chi connectivity index (χ0n) is 12.7. The normalized spacial score (nSPS) is 18.8. The van der Waals surface area contributed by atoms with Crippen molar-refractivity contribution in [3.63, 3.8) is 0 Å². The van der Waals surface area contributed by atoms with Crippen LogP contribution in [-0.2, 0) is 12.6 Å². The van der Waals surface area contributed by atoms with Gasteiger partial charge in [0.05, 0.1) is 23.6 Å². The smallest absolute Gasteiger partial charge is 0.382 e. The number of aliphatic hydroxyl groups is 1. The number of benzene rings is 1. The van der Waals surface area contributed by atoms with E-state index in [9.17, 15) is 35.8 Å². The molecule has 0 spiro atoms. The lowest BCUT2D eigenvalue weighted by Crippen LogP contribution is -2.23. The first-order chi connectivity index (χ1) is 12.0. The number of rotatable bonds is 2. The molecule has 3 rings (SSSR count). The van der Waals surface area contributed by atoms with Gasteiger partial charge in [0.15, 0.2) is 0 Å². The molecule has 0 unspecified atom stereocenters. The Kier molecular flexibility index (Phi) is 4.03. The molecule has 0 aliphatic heterocycles. The molecule has 1 atom stereocenters. The van der Waals surface area contributed by atoms with E-state index in [1.54, 1.807) is 0 Å². The largest absolute Gasteiger partial charge is 0.418 e. The highest BCUT2D eigenvalue weighted by molar-refractivity contribution is 5.52. The molecule has 138 valence electrons. The maximum Gasteiger partial charge on any atom is 0.418 e. The van der Waals surface area contributed by atoms with E-state index in [4.69, 9.17) is 5.26 Å². The number of fused-ring (bicyclic) bond motifs is 1. The van der Waals surface area contributed by atoms with Crippen LogP contribution in [0.4, 0.5) is 30.7 Å². The van der Waals surface area contributed by atoms with Gasteiger partial charge in [0.25, 0.3) is 12.3 Å². The molecule has 0 fully saturated rings. The summed E-state index contributed by atoms with van der Waals surface area (Å²) in [4.78, 5) is 0. The summed E-state index contributed by atoms with van der Waals surface area (Å²) in [5.41, 5.74) is -4.29. The third kappa shape index (κ3) is 2.72. The van der Waals surface area contributed by atoms with E-state index >= 15 is 0 Å². The molecular weight excluding hydrogens is 369 g/mol. The zero-order valence-corrected chi connectivity index (χ0v) is 12.7. The van der Waals surface area contributed by atoms with E-state index in [0.29, 0.717) is 10.8 Å². The van der Waals surface area contributed by atoms with Crippen molar-refractivity contribution in [3.8, 4) is 11.8 Å². The minimum Gasteiger partial charge on any atom is -0.382 e. The van der Waals surface area contributed by atoms with Gasteiger partial charge < -0.3 is 9.67 Å². The second kappa shape index (κ2) is 5.74. The predicted octanol–water partition coefficient (Wildman–Crippen LogP) is 4.53. The Morgan fingerprint density at radius 1 is 1.27 bits per heavy atom. The molecule has 1 N–H and O–H groups in total. The topological polar surface area (TPSA) is 49.0 Å². The van der Waals surface area contributed by atoms with Gasteiger partial charge in [0.1, 0.15) is 6.10 Å².